The van der Waals surface area contributed by atoms with Crippen molar-refractivity contribution in [3.8, 4) is 0 Å². The van der Waals surface area contributed by atoms with Crippen LogP contribution < -0.4 is 4.90 Å². The van der Waals surface area contributed by atoms with E-state index in [0.29, 0.717) is 0 Å². The van der Waals surface area contributed by atoms with Crippen molar-refractivity contribution in [3.63, 3.8) is 0 Å². The zero-order chi connectivity index (χ0) is 14.0. The molecule has 0 N–H and O–H groups in total. The molecule has 4 rings (SSSR count). The maximum absolute atomic E-state index is 12.6. The average molecular weight is 401 g/mol. The van der Waals surface area contributed by atoms with Gasteiger partial charge in [0.2, 0.25) is 17.8 Å². The molecule has 3 fully saturated rings. The number of amides is 2. The summed E-state index contributed by atoms with van der Waals surface area (Å²) >= 11 is 7.32. The monoisotopic (exact) mass is 399 g/mol. The predicted octanol–water partition coefficient (Wildman–Crippen LogP) is 1.76. The predicted molar refractivity (Wildman–Crippen MR) is 78.5 cm³/mol. The smallest absolute Gasteiger partial charge is 0.240 e. The highest BCUT2D eigenvalue weighted by Crippen LogP contribution is 2.60. The van der Waals surface area contributed by atoms with E-state index in [0.717, 1.165) is 6.42 Å². The Hall–Kier alpha value is -0.820. The minimum Gasteiger partial charge on any atom is -0.274 e. The number of rotatable bonds is 1. The molecule has 5 nitrogen and oxygen atoms in total. The fraction of sp³-hybridized carbons (Fsp3) is 0.538. The Morgan fingerprint density at radius 3 is 2.00 bits per heavy atom. The number of halogens is 2. The van der Waals surface area contributed by atoms with Crippen LogP contribution in [0.4, 0.5) is 5.95 Å². The van der Waals surface area contributed by atoms with Gasteiger partial charge in [0.15, 0.2) is 0 Å². The van der Waals surface area contributed by atoms with Crippen LogP contribution >= 0.6 is 31.9 Å². The minimum atomic E-state index is -0.213. The molecular weight excluding hydrogens is 390 g/mol. The van der Waals surface area contributed by atoms with Gasteiger partial charge < -0.3 is 0 Å². The average Bonchev–Trinajstić information content (AvgIpc) is 3.05. The molecule has 0 radical (unpaired) electrons. The van der Waals surface area contributed by atoms with E-state index in [1.165, 1.54) is 4.90 Å². The molecule has 0 aromatic carbocycles. The van der Waals surface area contributed by atoms with Crippen LogP contribution in [0.1, 0.15) is 6.42 Å². The van der Waals surface area contributed by atoms with Gasteiger partial charge in [-0.1, -0.05) is 31.9 Å². The SMILES string of the molecule is O=C1[C@@H]2[C@H]3C[C@@H]([C@H](Br)[C@@H]3Br)[C@@H]2C(=O)N1c1ncccn1. The van der Waals surface area contributed by atoms with Crippen LogP contribution in [0.2, 0.25) is 0 Å². The van der Waals surface area contributed by atoms with Crippen LogP contribution in [0.5, 0.6) is 0 Å². The fourth-order valence-corrected chi connectivity index (χ4v) is 5.83. The number of hydrogen-bond donors (Lipinski definition) is 0. The summed E-state index contributed by atoms with van der Waals surface area (Å²) < 4.78 is 0. The van der Waals surface area contributed by atoms with Crippen molar-refractivity contribution in [1.82, 2.24) is 9.97 Å². The number of anilines is 1. The summed E-state index contributed by atoms with van der Waals surface area (Å²) in [6, 6.07) is 1.67. The third-order valence-electron chi connectivity index (χ3n) is 4.74. The fourth-order valence-electron chi connectivity index (χ4n) is 3.95. The van der Waals surface area contributed by atoms with Crippen LogP contribution in [0.15, 0.2) is 18.5 Å². The van der Waals surface area contributed by atoms with E-state index in [9.17, 15) is 9.59 Å². The van der Waals surface area contributed by atoms with Crippen LogP contribution in [-0.2, 0) is 9.59 Å². The summed E-state index contributed by atoms with van der Waals surface area (Å²) in [5, 5.41) is 0. The molecule has 2 bridgehead atoms. The van der Waals surface area contributed by atoms with Gasteiger partial charge in [-0.25, -0.2) is 14.9 Å². The summed E-state index contributed by atoms with van der Waals surface area (Å²) in [5.74, 6) is -0.0540. The quantitative estimate of drug-likeness (QED) is 0.532. The maximum atomic E-state index is 12.6. The number of hydrogen-bond acceptors (Lipinski definition) is 4. The molecule has 6 atom stereocenters. The van der Waals surface area contributed by atoms with Gasteiger partial charge in [0, 0.05) is 22.0 Å². The molecule has 1 aromatic heterocycles. The molecule has 20 heavy (non-hydrogen) atoms. The minimum absolute atomic E-state index is 0.137. The van der Waals surface area contributed by atoms with Gasteiger partial charge in [0.1, 0.15) is 0 Å². The lowest BCUT2D eigenvalue weighted by Crippen LogP contribution is -2.37. The molecule has 3 aliphatic rings. The van der Waals surface area contributed by atoms with E-state index < -0.39 is 0 Å². The largest absolute Gasteiger partial charge is 0.274 e. The third-order valence-corrected chi connectivity index (χ3v) is 7.95. The van der Waals surface area contributed by atoms with E-state index in [1.807, 2.05) is 0 Å². The summed E-state index contributed by atoms with van der Waals surface area (Å²) in [6.07, 6.45) is 4.03. The molecule has 0 unspecified atom stereocenters. The van der Waals surface area contributed by atoms with Crippen molar-refractivity contribution in [2.24, 2.45) is 23.7 Å². The van der Waals surface area contributed by atoms with Gasteiger partial charge >= 0.3 is 0 Å². The van der Waals surface area contributed by atoms with Crippen LogP contribution in [0.25, 0.3) is 0 Å². The number of alkyl halides is 2. The zero-order valence-electron chi connectivity index (χ0n) is 10.3. The van der Waals surface area contributed by atoms with Gasteiger partial charge in [0.25, 0.3) is 0 Å². The standard InChI is InChI=1S/C13H11Br2N3O2/c14-9-5-4-6(10(9)15)8-7(5)11(19)18(12(8)20)13-16-2-1-3-17-13/h1-3,5-10H,4H2/t5-,6-,7-,8+,9-,10+/m1/s1. The molecule has 2 heterocycles. The third kappa shape index (κ3) is 1.48. The van der Waals surface area contributed by atoms with Gasteiger partial charge in [0.05, 0.1) is 11.8 Å². The first-order valence-electron chi connectivity index (χ1n) is 6.54. The second-order valence-corrected chi connectivity index (χ2v) is 7.68. The Morgan fingerprint density at radius 1 is 1.00 bits per heavy atom. The summed E-state index contributed by atoms with van der Waals surface area (Å²) in [5.41, 5.74) is 0. The molecule has 7 heteroatoms. The van der Waals surface area contributed by atoms with Crippen LogP contribution in [-0.4, -0.2) is 31.4 Å². The van der Waals surface area contributed by atoms with Crippen molar-refractivity contribution < 1.29 is 9.59 Å². The van der Waals surface area contributed by atoms with Crippen LogP contribution in [0, 0.1) is 23.7 Å². The summed E-state index contributed by atoms with van der Waals surface area (Å²) in [4.78, 5) is 35.0. The summed E-state index contributed by atoms with van der Waals surface area (Å²) in [7, 11) is 0. The number of aromatic nitrogens is 2. The Balaban J connectivity index is 1.75. The Bertz CT molecular complexity index is 565. The molecule has 2 amide bonds. The van der Waals surface area contributed by atoms with Crippen molar-refractivity contribution in [2.45, 2.75) is 16.1 Å². The van der Waals surface area contributed by atoms with Gasteiger partial charge in [-0.05, 0) is 24.3 Å². The van der Waals surface area contributed by atoms with E-state index in [4.69, 9.17) is 0 Å². The number of carbonyl (C=O) groups excluding carboxylic acids is 2. The van der Waals surface area contributed by atoms with Crippen molar-refractivity contribution in [2.75, 3.05) is 4.90 Å². The number of fused-ring (bicyclic) bond motifs is 5. The molecule has 0 spiro atoms. The lowest BCUT2D eigenvalue weighted by Gasteiger charge is -2.28. The zero-order valence-corrected chi connectivity index (χ0v) is 13.5. The topological polar surface area (TPSA) is 63.2 Å². The second-order valence-electron chi connectivity index (χ2n) is 5.56. The van der Waals surface area contributed by atoms with Crippen molar-refractivity contribution >= 4 is 49.6 Å². The van der Waals surface area contributed by atoms with E-state index >= 15 is 0 Å². The number of nitrogens with zero attached hydrogens (tertiary/aromatic N) is 3. The van der Waals surface area contributed by atoms with Gasteiger partial charge in [-0.15, -0.1) is 0 Å². The molecule has 2 aliphatic carbocycles. The molecule has 1 aliphatic heterocycles. The van der Waals surface area contributed by atoms with Crippen molar-refractivity contribution in [1.29, 1.82) is 0 Å². The Labute approximate surface area is 132 Å². The Morgan fingerprint density at radius 2 is 1.50 bits per heavy atom. The molecule has 1 aromatic rings. The molecular formula is C13H11Br2N3O2. The first-order chi connectivity index (χ1) is 9.61. The normalized spacial score (nSPS) is 42.4. The maximum Gasteiger partial charge on any atom is 0.240 e. The molecule has 104 valence electrons. The van der Waals surface area contributed by atoms with E-state index in [-0.39, 0.29) is 51.1 Å². The first kappa shape index (κ1) is 12.9. The number of imide groups is 1. The highest BCUT2D eigenvalue weighted by atomic mass is 79.9. The highest BCUT2D eigenvalue weighted by Gasteiger charge is 2.66. The lowest BCUT2D eigenvalue weighted by atomic mass is 9.81. The number of carbonyl (C=O) groups is 2. The lowest BCUT2D eigenvalue weighted by molar-refractivity contribution is -0.123. The van der Waals surface area contributed by atoms with Gasteiger partial charge in [-0.2, -0.15) is 0 Å². The van der Waals surface area contributed by atoms with E-state index in [1.54, 1.807) is 18.5 Å². The highest BCUT2D eigenvalue weighted by molar-refractivity contribution is 9.12. The van der Waals surface area contributed by atoms with Crippen LogP contribution in [0.3, 0.4) is 0 Å². The summed E-state index contributed by atoms with van der Waals surface area (Å²) in [6.45, 7) is 0. The Kier molecular flexibility index (Phi) is 2.79. The molecule has 1 saturated heterocycles. The van der Waals surface area contributed by atoms with E-state index in [2.05, 4.69) is 41.8 Å². The first-order valence-corrected chi connectivity index (χ1v) is 8.37. The van der Waals surface area contributed by atoms with Gasteiger partial charge in [-0.3, -0.25) is 9.59 Å². The molecule has 2 saturated carbocycles. The van der Waals surface area contributed by atoms with Crippen molar-refractivity contribution in [3.05, 3.63) is 18.5 Å². The second kappa shape index (κ2) is 4.34.